The van der Waals surface area contributed by atoms with E-state index in [1.165, 1.54) is 11.1 Å². The van der Waals surface area contributed by atoms with E-state index in [4.69, 9.17) is 0 Å². The summed E-state index contributed by atoms with van der Waals surface area (Å²) in [6.07, 6.45) is 4.56. The zero-order chi connectivity index (χ0) is 17.0. The Labute approximate surface area is 143 Å². The molecule has 24 heavy (non-hydrogen) atoms. The minimum atomic E-state index is -0.186. The fourth-order valence-electron chi connectivity index (χ4n) is 3.67. The number of nitriles is 1. The number of pyridine rings is 1. The zero-order valence-corrected chi connectivity index (χ0v) is 14.1. The summed E-state index contributed by atoms with van der Waals surface area (Å²) < 4.78 is 0. The molecule has 0 radical (unpaired) electrons. The van der Waals surface area contributed by atoms with Gasteiger partial charge in [-0.1, -0.05) is 24.3 Å². The second-order valence-electron chi connectivity index (χ2n) is 6.77. The quantitative estimate of drug-likeness (QED) is 0.940. The molecule has 0 bridgehead atoms. The van der Waals surface area contributed by atoms with Crippen molar-refractivity contribution in [1.29, 1.82) is 5.26 Å². The van der Waals surface area contributed by atoms with Gasteiger partial charge in [0.15, 0.2) is 0 Å². The summed E-state index contributed by atoms with van der Waals surface area (Å²) in [5.74, 6) is 0.738. The molecule has 124 valence electrons. The van der Waals surface area contributed by atoms with Crippen molar-refractivity contribution in [3.8, 4) is 6.07 Å². The van der Waals surface area contributed by atoms with Crippen LogP contribution in [0.3, 0.4) is 0 Å². The molecule has 1 atom stereocenters. The van der Waals surface area contributed by atoms with E-state index >= 15 is 0 Å². The Morgan fingerprint density at radius 1 is 1.29 bits per heavy atom. The predicted molar refractivity (Wildman–Crippen MR) is 94.8 cm³/mol. The summed E-state index contributed by atoms with van der Waals surface area (Å²) in [5, 5.41) is 19.5. The second-order valence-corrected chi connectivity index (χ2v) is 6.77. The first-order chi connectivity index (χ1) is 11.7. The number of rotatable bonds is 4. The van der Waals surface area contributed by atoms with Crippen molar-refractivity contribution in [2.45, 2.75) is 26.2 Å². The van der Waals surface area contributed by atoms with Crippen molar-refractivity contribution in [1.82, 2.24) is 4.98 Å². The number of aliphatic hydroxyl groups excluding tert-OH is 1. The average molecular weight is 321 g/mol. The van der Waals surface area contributed by atoms with E-state index in [-0.39, 0.29) is 12.0 Å². The molecule has 0 spiro atoms. The highest BCUT2D eigenvalue weighted by atomic mass is 16.3. The van der Waals surface area contributed by atoms with Crippen molar-refractivity contribution in [3.05, 3.63) is 59.3 Å². The third-order valence-electron chi connectivity index (χ3n) is 5.03. The van der Waals surface area contributed by atoms with E-state index in [2.05, 4.69) is 41.1 Å². The van der Waals surface area contributed by atoms with Crippen LogP contribution in [0.2, 0.25) is 0 Å². The van der Waals surface area contributed by atoms with E-state index in [0.717, 1.165) is 38.2 Å². The smallest absolute Gasteiger partial charge is 0.146 e. The lowest BCUT2D eigenvalue weighted by Gasteiger charge is -2.43. The van der Waals surface area contributed by atoms with Gasteiger partial charge >= 0.3 is 0 Å². The highest BCUT2D eigenvalue weighted by Gasteiger charge is 2.36. The number of hydrogen-bond acceptors (Lipinski definition) is 4. The number of hydrogen-bond donors (Lipinski definition) is 1. The number of aliphatic hydroxyl groups is 1. The van der Waals surface area contributed by atoms with E-state index < -0.39 is 0 Å². The molecule has 2 aromatic rings. The van der Waals surface area contributed by atoms with Crippen molar-refractivity contribution in [3.63, 3.8) is 0 Å². The van der Waals surface area contributed by atoms with Gasteiger partial charge in [-0.05, 0) is 49.4 Å². The van der Waals surface area contributed by atoms with E-state index in [0.29, 0.717) is 5.56 Å². The Morgan fingerprint density at radius 2 is 2.12 bits per heavy atom. The summed E-state index contributed by atoms with van der Waals surface area (Å²) in [6.45, 7) is 3.87. The zero-order valence-electron chi connectivity index (χ0n) is 14.1. The molecule has 1 aromatic heterocycles. The SMILES string of the molecule is Cc1ccccc1C[C@]1(CO)CCCN(c2ncccc2C#N)C1. The van der Waals surface area contributed by atoms with Crippen molar-refractivity contribution in [2.75, 3.05) is 24.6 Å². The first kappa shape index (κ1) is 16.5. The van der Waals surface area contributed by atoms with Gasteiger partial charge in [0, 0.05) is 24.7 Å². The number of nitrogens with zero attached hydrogens (tertiary/aromatic N) is 3. The molecular weight excluding hydrogens is 298 g/mol. The van der Waals surface area contributed by atoms with Crippen LogP contribution in [0.5, 0.6) is 0 Å². The van der Waals surface area contributed by atoms with Crippen LogP contribution < -0.4 is 4.90 Å². The molecule has 1 aliphatic rings. The summed E-state index contributed by atoms with van der Waals surface area (Å²) in [7, 11) is 0. The summed E-state index contributed by atoms with van der Waals surface area (Å²) >= 11 is 0. The average Bonchev–Trinajstić information content (AvgIpc) is 2.64. The molecule has 1 fully saturated rings. The summed E-state index contributed by atoms with van der Waals surface area (Å²) in [6, 6.07) is 14.2. The third kappa shape index (κ3) is 3.27. The fraction of sp³-hybridized carbons (Fsp3) is 0.400. The first-order valence-corrected chi connectivity index (χ1v) is 8.43. The van der Waals surface area contributed by atoms with Gasteiger partial charge in [-0.25, -0.2) is 4.98 Å². The number of anilines is 1. The molecule has 1 N–H and O–H groups in total. The maximum atomic E-state index is 10.2. The maximum absolute atomic E-state index is 10.2. The number of aromatic nitrogens is 1. The number of aryl methyl sites for hydroxylation is 1. The molecular formula is C20H23N3O. The molecule has 3 rings (SSSR count). The van der Waals surface area contributed by atoms with Crippen LogP contribution in [-0.4, -0.2) is 29.8 Å². The lowest BCUT2D eigenvalue weighted by Crippen LogP contribution is -2.47. The molecule has 0 amide bonds. The Bertz CT molecular complexity index is 753. The number of piperidine rings is 1. The Morgan fingerprint density at radius 3 is 2.88 bits per heavy atom. The van der Waals surface area contributed by atoms with Crippen LogP contribution in [-0.2, 0) is 6.42 Å². The number of benzene rings is 1. The van der Waals surface area contributed by atoms with Gasteiger partial charge in [-0.3, -0.25) is 0 Å². The van der Waals surface area contributed by atoms with Crippen LogP contribution in [0.15, 0.2) is 42.6 Å². The molecule has 0 unspecified atom stereocenters. The second kappa shape index (κ2) is 7.02. The van der Waals surface area contributed by atoms with Crippen LogP contribution in [0, 0.1) is 23.7 Å². The minimum absolute atomic E-state index is 0.145. The Hall–Kier alpha value is -2.38. The van der Waals surface area contributed by atoms with Crippen LogP contribution >= 0.6 is 0 Å². The van der Waals surface area contributed by atoms with Gasteiger partial charge in [0.2, 0.25) is 0 Å². The maximum Gasteiger partial charge on any atom is 0.146 e. The minimum Gasteiger partial charge on any atom is -0.396 e. The molecule has 1 aromatic carbocycles. The van der Waals surface area contributed by atoms with Crippen LogP contribution in [0.4, 0.5) is 5.82 Å². The Balaban J connectivity index is 1.87. The largest absolute Gasteiger partial charge is 0.396 e. The fourth-order valence-corrected chi connectivity index (χ4v) is 3.67. The van der Waals surface area contributed by atoms with Crippen molar-refractivity contribution < 1.29 is 5.11 Å². The third-order valence-corrected chi connectivity index (χ3v) is 5.03. The van der Waals surface area contributed by atoms with E-state index in [1.54, 1.807) is 18.3 Å². The molecule has 1 aliphatic heterocycles. The standard InChI is InChI=1S/C20H23N3O/c1-16-6-2-3-7-17(16)12-20(15-24)9-5-11-23(14-20)19-18(13-21)8-4-10-22-19/h2-4,6-8,10,24H,5,9,11-12,14-15H2,1H3/t20-/m1/s1. The van der Waals surface area contributed by atoms with Gasteiger partial charge in [-0.15, -0.1) is 0 Å². The normalized spacial score (nSPS) is 20.6. The van der Waals surface area contributed by atoms with Gasteiger partial charge in [0.05, 0.1) is 12.2 Å². The van der Waals surface area contributed by atoms with Crippen LogP contribution in [0.25, 0.3) is 0 Å². The monoisotopic (exact) mass is 321 g/mol. The van der Waals surface area contributed by atoms with Gasteiger partial charge in [0.25, 0.3) is 0 Å². The summed E-state index contributed by atoms with van der Waals surface area (Å²) in [4.78, 5) is 6.58. The molecule has 2 heterocycles. The molecule has 0 saturated carbocycles. The van der Waals surface area contributed by atoms with Gasteiger partial charge in [0.1, 0.15) is 11.9 Å². The first-order valence-electron chi connectivity index (χ1n) is 8.43. The predicted octanol–water partition coefficient (Wildman–Crippen LogP) is 3.08. The summed E-state index contributed by atoms with van der Waals surface area (Å²) in [5.41, 5.74) is 2.96. The van der Waals surface area contributed by atoms with Gasteiger partial charge in [-0.2, -0.15) is 5.26 Å². The van der Waals surface area contributed by atoms with Gasteiger partial charge < -0.3 is 10.0 Å². The lowest BCUT2D eigenvalue weighted by molar-refractivity contribution is 0.105. The van der Waals surface area contributed by atoms with Crippen molar-refractivity contribution >= 4 is 5.82 Å². The molecule has 1 saturated heterocycles. The molecule has 4 nitrogen and oxygen atoms in total. The molecule has 4 heteroatoms. The van der Waals surface area contributed by atoms with Crippen LogP contribution in [0.1, 0.15) is 29.5 Å². The topological polar surface area (TPSA) is 60.1 Å². The Kier molecular flexibility index (Phi) is 4.82. The lowest BCUT2D eigenvalue weighted by atomic mass is 9.75. The van der Waals surface area contributed by atoms with Crippen molar-refractivity contribution in [2.24, 2.45) is 5.41 Å². The van der Waals surface area contributed by atoms with E-state index in [9.17, 15) is 10.4 Å². The molecule has 0 aliphatic carbocycles. The highest BCUT2D eigenvalue weighted by Crippen LogP contribution is 2.36. The van der Waals surface area contributed by atoms with E-state index in [1.807, 2.05) is 6.07 Å². The highest BCUT2D eigenvalue weighted by molar-refractivity contribution is 5.54.